The van der Waals surface area contributed by atoms with Crippen LogP contribution < -0.4 is 10.1 Å². The molecule has 20 heavy (non-hydrogen) atoms. The van der Waals surface area contributed by atoms with Crippen LogP contribution in [0.25, 0.3) is 0 Å². The molecule has 1 aliphatic carbocycles. The van der Waals surface area contributed by atoms with Gasteiger partial charge in [-0.3, -0.25) is 0 Å². The third kappa shape index (κ3) is 3.99. The zero-order chi connectivity index (χ0) is 14.6. The lowest BCUT2D eigenvalue weighted by Crippen LogP contribution is -2.45. The average molecular weight is 275 g/mol. The summed E-state index contributed by atoms with van der Waals surface area (Å²) in [6.45, 7) is 9.92. The normalized spacial score (nSPS) is 23.6. The Morgan fingerprint density at radius 2 is 1.75 bits per heavy atom. The van der Waals surface area contributed by atoms with E-state index < -0.39 is 0 Å². The Labute approximate surface area is 123 Å². The topological polar surface area (TPSA) is 21.3 Å². The highest BCUT2D eigenvalue weighted by Crippen LogP contribution is 2.27. The molecule has 1 fully saturated rings. The van der Waals surface area contributed by atoms with Gasteiger partial charge in [-0.25, -0.2) is 0 Å². The third-order valence-electron chi connectivity index (χ3n) is 4.18. The molecular weight excluding hydrogens is 246 g/mol. The van der Waals surface area contributed by atoms with Crippen LogP contribution in [0.4, 0.5) is 0 Å². The molecular formula is C18H29NO. The van der Waals surface area contributed by atoms with E-state index in [1.165, 1.54) is 31.2 Å². The minimum Gasteiger partial charge on any atom is -0.489 e. The largest absolute Gasteiger partial charge is 0.489 e. The Morgan fingerprint density at radius 1 is 1.10 bits per heavy atom. The second-order valence-electron chi connectivity index (χ2n) is 6.88. The van der Waals surface area contributed by atoms with E-state index in [4.69, 9.17) is 4.74 Å². The van der Waals surface area contributed by atoms with E-state index in [0.717, 1.165) is 12.3 Å². The first-order chi connectivity index (χ1) is 9.50. The van der Waals surface area contributed by atoms with E-state index in [1.54, 1.807) is 0 Å². The minimum absolute atomic E-state index is 0.204. The molecule has 0 radical (unpaired) electrons. The Kier molecular flexibility index (Phi) is 5.09. The van der Waals surface area contributed by atoms with Crippen molar-refractivity contribution in [2.24, 2.45) is 0 Å². The van der Waals surface area contributed by atoms with Gasteiger partial charge in [0.15, 0.2) is 0 Å². The number of hydrogen-bond donors (Lipinski definition) is 1. The van der Waals surface area contributed by atoms with Gasteiger partial charge in [0.05, 0.1) is 0 Å². The summed E-state index contributed by atoms with van der Waals surface area (Å²) in [7, 11) is 0. The summed E-state index contributed by atoms with van der Waals surface area (Å²) in [6, 6.07) is 9.15. The van der Waals surface area contributed by atoms with E-state index in [9.17, 15) is 0 Å². The molecule has 0 aliphatic heterocycles. The summed E-state index contributed by atoms with van der Waals surface area (Å²) in [5, 5.41) is 3.57. The Balaban J connectivity index is 2.01. The molecule has 2 unspecified atom stereocenters. The first-order valence-corrected chi connectivity index (χ1v) is 8.01. The van der Waals surface area contributed by atoms with E-state index in [1.807, 2.05) is 0 Å². The van der Waals surface area contributed by atoms with Gasteiger partial charge in [-0.1, -0.05) is 46.2 Å². The number of likely N-dealkylation sites (N-methyl/N-ethyl adjacent to an activating group) is 1. The molecule has 0 aromatic heterocycles. The summed E-state index contributed by atoms with van der Waals surface area (Å²) >= 11 is 0. The van der Waals surface area contributed by atoms with Crippen molar-refractivity contribution in [1.29, 1.82) is 0 Å². The quantitative estimate of drug-likeness (QED) is 0.885. The van der Waals surface area contributed by atoms with Crippen LogP contribution in [0, 0.1) is 0 Å². The third-order valence-corrected chi connectivity index (χ3v) is 4.18. The van der Waals surface area contributed by atoms with Crippen LogP contribution in [0.5, 0.6) is 5.75 Å². The molecule has 1 aromatic rings. The lowest BCUT2D eigenvalue weighted by molar-refractivity contribution is 0.115. The molecule has 2 atom stereocenters. The van der Waals surface area contributed by atoms with Crippen molar-refractivity contribution < 1.29 is 4.74 Å². The highest BCUT2D eigenvalue weighted by molar-refractivity contribution is 5.31. The molecule has 0 bridgehead atoms. The number of hydrogen-bond acceptors (Lipinski definition) is 2. The number of rotatable bonds is 4. The zero-order valence-electron chi connectivity index (χ0n) is 13.4. The van der Waals surface area contributed by atoms with E-state index >= 15 is 0 Å². The van der Waals surface area contributed by atoms with Crippen molar-refractivity contribution >= 4 is 0 Å². The van der Waals surface area contributed by atoms with Gasteiger partial charge in [-0.05, 0) is 48.9 Å². The standard InChI is InChI=1S/C18H29NO/c1-5-19-16-8-6-7-9-17(16)20-15-12-10-14(11-13-15)18(2,3)4/h10-13,16-17,19H,5-9H2,1-4H3. The van der Waals surface area contributed by atoms with Gasteiger partial charge in [0.1, 0.15) is 11.9 Å². The number of ether oxygens (including phenoxy) is 1. The molecule has 1 aromatic carbocycles. The van der Waals surface area contributed by atoms with Gasteiger partial charge in [0, 0.05) is 6.04 Å². The second kappa shape index (κ2) is 6.62. The number of nitrogens with one attached hydrogen (secondary N) is 1. The first-order valence-electron chi connectivity index (χ1n) is 8.01. The van der Waals surface area contributed by atoms with Gasteiger partial charge in [-0.15, -0.1) is 0 Å². The molecule has 112 valence electrons. The maximum absolute atomic E-state index is 6.23. The van der Waals surface area contributed by atoms with Crippen molar-refractivity contribution in [2.75, 3.05) is 6.54 Å². The van der Waals surface area contributed by atoms with Crippen molar-refractivity contribution in [1.82, 2.24) is 5.32 Å². The molecule has 2 rings (SSSR count). The lowest BCUT2D eigenvalue weighted by atomic mass is 9.87. The van der Waals surface area contributed by atoms with Crippen LogP contribution in [0.15, 0.2) is 24.3 Å². The molecule has 0 saturated heterocycles. The lowest BCUT2D eigenvalue weighted by Gasteiger charge is -2.32. The highest BCUT2D eigenvalue weighted by atomic mass is 16.5. The second-order valence-corrected chi connectivity index (χ2v) is 6.88. The highest BCUT2D eigenvalue weighted by Gasteiger charge is 2.26. The molecule has 1 aliphatic rings. The molecule has 2 nitrogen and oxygen atoms in total. The fraction of sp³-hybridized carbons (Fsp3) is 0.667. The van der Waals surface area contributed by atoms with E-state index in [0.29, 0.717) is 12.1 Å². The van der Waals surface area contributed by atoms with Crippen LogP contribution in [0.3, 0.4) is 0 Å². The first kappa shape index (κ1) is 15.4. The van der Waals surface area contributed by atoms with E-state index in [-0.39, 0.29) is 5.41 Å². The monoisotopic (exact) mass is 275 g/mol. The van der Waals surface area contributed by atoms with Crippen molar-refractivity contribution in [3.8, 4) is 5.75 Å². The molecule has 1 N–H and O–H groups in total. The van der Waals surface area contributed by atoms with Gasteiger partial charge >= 0.3 is 0 Å². The predicted molar refractivity (Wildman–Crippen MR) is 85.5 cm³/mol. The average Bonchev–Trinajstić information content (AvgIpc) is 2.41. The van der Waals surface area contributed by atoms with Gasteiger partial charge in [0.2, 0.25) is 0 Å². The van der Waals surface area contributed by atoms with E-state index in [2.05, 4.69) is 57.3 Å². The SMILES string of the molecule is CCNC1CCCCC1Oc1ccc(C(C)(C)C)cc1. The number of benzene rings is 1. The molecule has 0 amide bonds. The minimum atomic E-state index is 0.204. The summed E-state index contributed by atoms with van der Waals surface area (Å²) in [5.41, 5.74) is 1.56. The van der Waals surface area contributed by atoms with Crippen LogP contribution in [0.2, 0.25) is 0 Å². The summed E-state index contributed by atoms with van der Waals surface area (Å²) in [5.74, 6) is 1.01. The maximum Gasteiger partial charge on any atom is 0.119 e. The molecule has 1 saturated carbocycles. The van der Waals surface area contributed by atoms with Crippen molar-refractivity contribution in [3.05, 3.63) is 29.8 Å². The van der Waals surface area contributed by atoms with Gasteiger partial charge in [-0.2, -0.15) is 0 Å². The van der Waals surface area contributed by atoms with Crippen molar-refractivity contribution in [2.45, 2.75) is 70.9 Å². The van der Waals surface area contributed by atoms with Gasteiger partial charge < -0.3 is 10.1 Å². The zero-order valence-corrected chi connectivity index (χ0v) is 13.4. The van der Waals surface area contributed by atoms with Crippen LogP contribution in [-0.4, -0.2) is 18.7 Å². The van der Waals surface area contributed by atoms with Crippen LogP contribution >= 0.6 is 0 Å². The summed E-state index contributed by atoms with van der Waals surface area (Å²) < 4.78 is 6.23. The van der Waals surface area contributed by atoms with Crippen molar-refractivity contribution in [3.63, 3.8) is 0 Å². The maximum atomic E-state index is 6.23. The smallest absolute Gasteiger partial charge is 0.119 e. The molecule has 0 heterocycles. The fourth-order valence-corrected chi connectivity index (χ4v) is 2.94. The van der Waals surface area contributed by atoms with Crippen LogP contribution in [-0.2, 0) is 5.41 Å². The van der Waals surface area contributed by atoms with Crippen LogP contribution in [0.1, 0.15) is 58.9 Å². The Bertz CT molecular complexity index is 402. The predicted octanol–water partition coefficient (Wildman–Crippen LogP) is 4.28. The van der Waals surface area contributed by atoms with Gasteiger partial charge in [0.25, 0.3) is 0 Å². The molecule has 0 spiro atoms. The Morgan fingerprint density at radius 3 is 2.35 bits per heavy atom. The summed E-state index contributed by atoms with van der Waals surface area (Å²) in [6.07, 6.45) is 5.33. The molecule has 2 heteroatoms. The summed E-state index contributed by atoms with van der Waals surface area (Å²) in [4.78, 5) is 0. The Hall–Kier alpha value is -1.02. The fourth-order valence-electron chi connectivity index (χ4n) is 2.94.